The van der Waals surface area contributed by atoms with E-state index in [4.69, 9.17) is 9.26 Å². The van der Waals surface area contributed by atoms with Gasteiger partial charge in [-0.2, -0.15) is 4.98 Å². The number of nitrogens with zero attached hydrogens (tertiary/aromatic N) is 3. The Bertz CT molecular complexity index is 675. The Labute approximate surface area is 135 Å². The molecule has 0 bridgehead atoms. The standard InChI is InChI=1S/C17H21N3O3/c1-3-22-15-7-5-4-6-14(15)17(21)20-10-8-13(9-11-20)16-18-12(2)19-23-16/h4-7,13H,3,8-11H2,1-2H3. The van der Waals surface area contributed by atoms with Crippen molar-refractivity contribution in [2.45, 2.75) is 32.6 Å². The molecule has 23 heavy (non-hydrogen) atoms. The maximum atomic E-state index is 12.7. The van der Waals surface area contributed by atoms with Crippen molar-refractivity contribution in [2.24, 2.45) is 0 Å². The number of piperidine rings is 1. The molecule has 0 spiro atoms. The minimum atomic E-state index is 0.0224. The van der Waals surface area contributed by atoms with Gasteiger partial charge in [-0.25, -0.2) is 0 Å². The number of carbonyl (C=O) groups is 1. The number of hydrogen-bond donors (Lipinski definition) is 0. The number of likely N-dealkylation sites (tertiary alicyclic amines) is 1. The number of carbonyl (C=O) groups excluding carboxylic acids is 1. The first-order chi connectivity index (χ1) is 11.2. The van der Waals surface area contributed by atoms with Gasteiger partial charge in [0.25, 0.3) is 5.91 Å². The van der Waals surface area contributed by atoms with Crippen molar-refractivity contribution in [2.75, 3.05) is 19.7 Å². The predicted molar refractivity (Wildman–Crippen MR) is 84.5 cm³/mol. The number of aryl methyl sites for hydroxylation is 1. The minimum absolute atomic E-state index is 0.0224. The minimum Gasteiger partial charge on any atom is -0.493 e. The molecule has 3 rings (SSSR count). The lowest BCUT2D eigenvalue weighted by Gasteiger charge is -2.30. The molecule has 6 nitrogen and oxygen atoms in total. The lowest BCUT2D eigenvalue weighted by atomic mass is 9.96. The normalized spacial score (nSPS) is 15.7. The summed E-state index contributed by atoms with van der Waals surface area (Å²) in [5.41, 5.74) is 0.626. The highest BCUT2D eigenvalue weighted by molar-refractivity contribution is 5.97. The molecule has 1 fully saturated rings. The van der Waals surface area contributed by atoms with Gasteiger partial charge in [-0.1, -0.05) is 17.3 Å². The first-order valence-electron chi connectivity index (χ1n) is 8.00. The van der Waals surface area contributed by atoms with Gasteiger partial charge in [0, 0.05) is 19.0 Å². The number of hydrogen-bond acceptors (Lipinski definition) is 5. The fourth-order valence-corrected chi connectivity index (χ4v) is 2.90. The first-order valence-corrected chi connectivity index (χ1v) is 8.00. The summed E-state index contributed by atoms with van der Waals surface area (Å²) in [6.45, 7) is 5.65. The van der Waals surface area contributed by atoms with Crippen LogP contribution in [0.2, 0.25) is 0 Å². The Morgan fingerprint density at radius 3 is 2.74 bits per heavy atom. The summed E-state index contributed by atoms with van der Waals surface area (Å²) in [7, 11) is 0. The topological polar surface area (TPSA) is 68.5 Å². The van der Waals surface area contributed by atoms with Gasteiger partial charge in [0.2, 0.25) is 5.89 Å². The maximum absolute atomic E-state index is 12.7. The van der Waals surface area contributed by atoms with Crippen LogP contribution in [0.25, 0.3) is 0 Å². The molecule has 0 aliphatic carbocycles. The Balaban J connectivity index is 1.66. The Morgan fingerprint density at radius 1 is 1.35 bits per heavy atom. The van der Waals surface area contributed by atoms with Crippen LogP contribution in [0.5, 0.6) is 5.75 Å². The number of para-hydroxylation sites is 1. The lowest BCUT2D eigenvalue weighted by Crippen LogP contribution is -2.38. The Morgan fingerprint density at radius 2 is 2.09 bits per heavy atom. The molecule has 1 saturated heterocycles. The van der Waals surface area contributed by atoms with Gasteiger partial charge in [-0.3, -0.25) is 4.79 Å². The van der Waals surface area contributed by atoms with Crippen molar-refractivity contribution in [1.82, 2.24) is 15.0 Å². The number of benzene rings is 1. The van der Waals surface area contributed by atoms with Gasteiger partial charge in [0.05, 0.1) is 12.2 Å². The zero-order valence-electron chi connectivity index (χ0n) is 13.5. The fourth-order valence-electron chi connectivity index (χ4n) is 2.90. The molecule has 122 valence electrons. The summed E-state index contributed by atoms with van der Waals surface area (Å²) in [5, 5.41) is 3.84. The highest BCUT2D eigenvalue weighted by atomic mass is 16.5. The van der Waals surface area contributed by atoms with E-state index in [0.717, 1.165) is 12.8 Å². The Kier molecular flexibility index (Phi) is 4.60. The zero-order valence-corrected chi connectivity index (χ0v) is 13.5. The van der Waals surface area contributed by atoms with Crippen LogP contribution < -0.4 is 4.74 Å². The summed E-state index contributed by atoms with van der Waals surface area (Å²) in [6.07, 6.45) is 1.67. The van der Waals surface area contributed by atoms with Crippen molar-refractivity contribution in [3.05, 3.63) is 41.5 Å². The van der Waals surface area contributed by atoms with E-state index in [2.05, 4.69) is 10.1 Å². The van der Waals surface area contributed by atoms with Crippen molar-refractivity contribution in [3.8, 4) is 5.75 Å². The molecule has 2 heterocycles. The second kappa shape index (κ2) is 6.81. The molecule has 6 heteroatoms. The largest absolute Gasteiger partial charge is 0.493 e. The van der Waals surface area contributed by atoms with Crippen molar-refractivity contribution < 1.29 is 14.1 Å². The summed E-state index contributed by atoms with van der Waals surface area (Å²) in [4.78, 5) is 18.9. The molecule has 2 aromatic rings. The van der Waals surface area contributed by atoms with Crippen LogP contribution in [0.15, 0.2) is 28.8 Å². The summed E-state index contributed by atoms with van der Waals surface area (Å²) < 4.78 is 10.8. The smallest absolute Gasteiger partial charge is 0.257 e. The van der Waals surface area contributed by atoms with Gasteiger partial charge >= 0.3 is 0 Å². The third-order valence-corrected chi connectivity index (χ3v) is 4.09. The van der Waals surface area contributed by atoms with Crippen LogP contribution in [-0.2, 0) is 0 Å². The third kappa shape index (κ3) is 3.36. The SMILES string of the molecule is CCOc1ccccc1C(=O)N1CCC(c2nc(C)no2)CC1. The van der Waals surface area contributed by atoms with Crippen LogP contribution in [0, 0.1) is 6.92 Å². The number of rotatable bonds is 4. The monoisotopic (exact) mass is 315 g/mol. The van der Waals surface area contributed by atoms with Gasteiger partial charge in [-0.15, -0.1) is 0 Å². The Hall–Kier alpha value is -2.37. The van der Waals surface area contributed by atoms with E-state index < -0.39 is 0 Å². The number of aromatic nitrogens is 2. The molecule has 0 N–H and O–H groups in total. The summed E-state index contributed by atoms with van der Waals surface area (Å²) in [6, 6.07) is 7.40. The zero-order chi connectivity index (χ0) is 16.2. The van der Waals surface area contributed by atoms with E-state index in [9.17, 15) is 4.79 Å². The molecule has 1 aliphatic heterocycles. The molecular formula is C17H21N3O3. The second-order valence-electron chi connectivity index (χ2n) is 5.68. The van der Waals surface area contributed by atoms with Gasteiger partial charge < -0.3 is 14.2 Å². The highest BCUT2D eigenvalue weighted by Crippen LogP contribution is 2.28. The van der Waals surface area contributed by atoms with Crippen molar-refractivity contribution in [3.63, 3.8) is 0 Å². The average molecular weight is 315 g/mol. The van der Waals surface area contributed by atoms with E-state index in [0.29, 0.717) is 42.7 Å². The van der Waals surface area contributed by atoms with Crippen LogP contribution in [0.4, 0.5) is 0 Å². The molecule has 1 amide bonds. The van der Waals surface area contributed by atoms with Crippen molar-refractivity contribution >= 4 is 5.91 Å². The first kappa shape index (κ1) is 15.5. The van der Waals surface area contributed by atoms with E-state index in [1.165, 1.54) is 0 Å². The quantitative estimate of drug-likeness (QED) is 0.868. The summed E-state index contributed by atoms with van der Waals surface area (Å²) >= 11 is 0. The molecule has 0 unspecified atom stereocenters. The highest BCUT2D eigenvalue weighted by Gasteiger charge is 2.28. The van der Waals surface area contributed by atoms with Crippen LogP contribution in [-0.4, -0.2) is 40.6 Å². The van der Waals surface area contributed by atoms with E-state index in [-0.39, 0.29) is 11.8 Å². The average Bonchev–Trinajstić information content (AvgIpc) is 3.02. The van der Waals surface area contributed by atoms with E-state index in [1.54, 1.807) is 0 Å². The van der Waals surface area contributed by atoms with Crippen LogP contribution in [0.3, 0.4) is 0 Å². The van der Waals surface area contributed by atoms with Gasteiger partial charge in [0.1, 0.15) is 5.75 Å². The van der Waals surface area contributed by atoms with E-state index in [1.807, 2.05) is 43.0 Å². The van der Waals surface area contributed by atoms with Crippen LogP contribution >= 0.6 is 0 Å². The van der Waals surface area contributed by atoms with Gasteiger partial charge in [0.15, 0.2) is 5.82 Å². The molecule has 0 atom stereocenters. The lowest BCUT2D eigenvalue weighted by molar-refractivity contribution is 0.0700. The van der Waals surface area contributed by atoms with Crippen molar-refractivity contribution in [1.29, 1.82) is 0 Å². The number of ether oxygens (including phenoxy) is 1. The fraction of sp³-hybridized carbons (Fsp3) is 0.471. The summed E-state index contributed by atoms with van der Waals surface area (Å²) in [5.74, 6) is 2.25. The third-order valence-electron chi connectivity index (χ3n) is 4.09. The van der Waals surface area contributed by atoms with Gasteiger partial charge in [-0.05, 0) is 38.8 Å². The second-order valence-corrected chi connectivity index (χ2v) is 5.68. The molecule has 0 saturated carbocycles. The maximum Gasteiger partial charge on any atom is 0.257 e. The number of amides is 1. The molecule has 0 radical (unpaired) electrons. The molecule has 1 aliphatic rings. The molecular weight excluding hydrogens is 294 g/mol. The van der Waals surface area contributed by atoms with Crippen LogP contribution in [0.1, 0.15) is 47.8 Å². The molecule has 1 aromatic heterocycles. The van der Waals surface area contributed by atoms with E-state index >= 15 is 0 Å². The molecule has 1 aromatic carbocycles. The predicted octanol–water partition coefficient (Wildman–Crippen LogP) is 2.80.